The highest BCUT2D eigenvalue weighted by Crippen LogP contribution is 2.38. The molecule has 2 fully saturated rings. The molecule has 3 N–H and O–H groups in total. The molecular formula is C15H21FN4O4. The van der Waals surface area contributed by atoms with E-state index in [4.69, 9.17) is 19.9 Å². The normalized spacial score (nSPS) is 20.8. The number of carbonyl (C=O) groups excluding carboxylic acids is 1. The number of methoxy groups -OCH3 is 1. The van der Waals surface area contributed by atoms with Gasteiger partial charge in [-0.1, -0.05) is 0 Å². The van der Waals surface area contributed by atoms with Crippen molar-refractivity contribution in [1.29, 1.82) is 0 Å². The minimum Gasteiger partial charge on any atom is -0.383 e. The first kappa shape index (κ1) is 17.0. The quantitative estimate of drug-likeness (QED) is 0.785. The monoisotopic (exact) mass is 340 g/mol. The highest BCUT2D eigenvalue weighted by molar-refractivity contribution is 5.83. The Bertz CT molecular complexity index is 632. The first-order chi connectivity index (χ1) is 11.5. The van der Waals surface area contributed by atoms with Crippen molar-refractivity contribution in [2.75, 3.05) is 32.7 Å². The molecule has 1 saturated carbocycles. The molecule has 1 aliphatic carbocycles. The molecule has 2 heterocycles. The Kier molecular flexibility index (Phi) is 4.66. The van der Waals surface area contributed by atoms with Gasteiger partial charge in [0, 0.05) is 7.11 Å². The van der Waals surface area contributed by atoms with E-state index in [2.05, 4.69) is 15.3 Å². The van der Waals surface area contributed by atoms with Crippen molar-refractivity contribution in [3.8, 4) is 0 Å². The Hall–Kier alpha value is -1.84. The lowest BCUT2D eigenvalue weighted by molar-refractivity contribution is -0.133. The van der Waals surface area contributed by atoms with Gasteiger partial charge in [0.2, 0.25) is 0 Å². The van der Waals surface area contributed by atoms with Crippen molar-refractivity contribution < 1.29 is 23.4 Å². The van der Waals surface area contributed by atoms with Gasteiger partial charge in [-0.2, -0.15) is 0 Å². The van der Waals surface area contributed by atoms with E-state index in [0.29, 0.717) is 37.4 Å². The van der Waals surface area contributed by atoms with Gasteiger partial charge in [0.15, 0.2) is 12.4 Å². The molecule has 24 heavy (non-hydrogen) atoms. The second kappa shape index (κ2) is 6.58. The van der Waals surface area contributed by atoms with Gasteiger partial charge in [-0.05, 0) is 19.8 Å². The molecule has 1 aromatic rings. The number of anilines is 1. The average Bonchev–Trinajstić information content (AvgIpc) is 3.10. The Morgan fingerprint density at radius 1 is 1.46 bits per heavy atom. The standard InChI is InChI=1S/C15H21FN4O4/c1-8-18-10(9(12(17)19-8)14-23-5-6-24-14)11(22-2)13(21)20-15(7-16)3-4-15/h11,14H,3-7H2,1-2H3,(H,20,21)(H2,17,18,19). The molecule has 1 saturated heterocycles. The van der Waals surface area contributed by atoms with E-state index in [1.165, 1.54) is 7.11 Å². The average molecular weight is 340 g/mol. The number of nitrogens with two attached hydrogens (primary N) is 1. The van der Waals surface area contributed by atoms with Crippen LogP contribution in [0.5, 0.6) is 0 Å². The fraction of sp³-hybridized carbons (Fsp3) is 0.667. The topological polar surface area (TPSA) is 109 Å². The number of aromatic nitrogens is 2. The molecule has 0 spiro atoms. The second-order valence-electron chi connectivity index (χ2n) is 6.05. The van der Waals surface area contributed by atoms with Crippen LogP contribution >= 0.6 is 0 Å². The van der Waals surface area contributed by atoms with E-state index >= 15 is 0 Å². The van der Waals surface area contributed by atoms with Crippen LogP contribution in [0.3, 0.4) is 0 Å². The molecule has 132 valence electrons. The highest BCUT2D eigenvalue weighted by atomic mass is 19.1. The third-order valence-electron chi connectivity index (χ3n) is 4.19. The van der Waals surface area contributed by atoms with Crippen LogP contribution in [-0.4, -0.2) is 48.4 Å². The number of halogens is 1. The molecule has 3 rings (SSSR count). The zero-order valence-electron chi connectivity index (χ0n) is 13.7. The van der Waals surface area contributed by atoms with Gasteiger partial charge < -0.3 is 25.3 Å². The van der Waals surface area contributed by atoms with Gasteiger partial charge in [-0.25, -0.2) is 14.4 Å². The summed E-state index contributed by atoms with van der Waals surface area (Å²) in [6.45, 7) is 1.87. The van der Waals surface area contributed by atoms with E-state index in [0.717, 1.165) is 0 Å². The number of nitrogen functional groups attached to an aromatic ring is 1. The van der Waals surface area contributed by atoms with Crippen LogP contribution in [0.1, 0.15) is 42.3 Å². The van der Waals surface area contributed by atoms with Crippen molar-refractivity contribution in [3.05, 3.63) is 17.1 Å². The van der Waals surface area contributed by atoms with E-state index in [1.54, 1.807) is 6.92 Å². The summed E-state index contributed by atoms with van der Waals surface area (Å²) < 4.78 is 29.4. The lowest BCUT2D eigenvalue weighted by Crippen LogP contribution is -2.42. The summed E-state index contributed by atoms with van der Waals surface area (Å²) in [6, 6.07) is 0. The molecule has 8 nitrogen and oxygen atoms in total. The molecule has 9 heteroatoms. The molecule has 0 bridgehead atoms. The van der Waals surface area contributed by atoms with Crippen LogP contribution in [0.25, 0.3) is 0 Å². The SMILES string of the molecule is COC(C(=O)NC1(CF)CC1)c1nc(C)nc(N)c1C1OCCO1. The van der Waals surface area contributed by atoms with Gasteiger partial charge in [0.25, 0.3) is 5.91 Å². The molecule has 1 aliphatic heterocycles. The summed E-state index contributed by atoms with van der Waals surface area (Å²) in [4.78, 5) is 21.0. The number of carbonyl (C=O) groups is 1. The van der Waals surface area contributed by atoms with E-state index in [9.17, 15) is 9.18 Å². The van der Waals surface area contributed by atoms with Gasteiger partial charge in [0.1, 0.15) is 18.3 Å². The number of amides is 1. The number of hydrogen-bond donors (Lipinski definition) is 2. The number of hydrogen-bond acceptors (Lipinski definition) is 7. The van der Waals surface area contributed by atoms with Crippen LogP contribution in [0.4, 0.5) is 10.2 Å². The predicted molar refractivity (Wildman–Crippen MR) is 81.7 cm³/mol. The smallest absolute Gasteiger partial charge is 0.255 e. The molecule has 1 amide bonds. The van der Waals surface area contributed by atoms with Crippen molar-refractivity contribution in [3.63, 3.8) is 0 Å². The minimum absolute atomic E-state index is 0.172. The third kappa shape index (κ3) is 3.19. The first-order valence-electron chi connectivity index (χ1n) is 7.77. The number of nitrogens with one attached hydrogen (secondary N) is 1. The van der Waals surface area contributed by atoms with Crippen LogP contribution in [0.2, 0.25) is 0 Å². The van der Waals surface area contributed by atoms with Crippen molar-refractivity contribution >= 4 is 11.7 Å². The first-order valence-corrected chi connectivity index (χ1v) is 7.77. The number of nitrogens with zero attached hydrogens (tertiary/aromatic N) is 2. The minimum atomic E-state index is -1.05. The summed E-state index contributed by atoms with van der Waals surface area (Å²) in [5.41, 5.74) is 5.89. The molecule has 2 aliphatic rings. The van der Waals surface area contributed by atoms with E-state index in [1.807, 2.05) is 0 Å². The van der Waals surface area contributed by atoms with Gasteiger partial charge in [0.05, 0.1) is 30.0 Å². The summed E-state index contributed by atoms with van der Waals surface area (Å²) in [5, 5.41) is 2.70. The fourth-order valence-corrected chi connectivity index (χ4v) is 2.70. The largest absolute Gasteiger partial charge is 0.383 e. The Labute approximate surface area is 138 Å². The predicted octanol–water partition coefficient (Wildman–Crippen LogP) is 0.718. The summed E-state index contributed by atoms with van der Waals surface area (Å²) in [5.74, 6) is 0.0981. The fourth-order valence-electron chi connectivity index (χ4n) is 2.70. The molecule has 0 radical (unpaired) electrons. The summed E-state index contributed by atoms with van der Waals surface area (Å²) in [6.07, 6.45) is -0.584. The Morgan fingerprint density at radius 2 is 2.12 bits per heavy atom. The van der Waals surface area contributed by atoms with E-state index < -0.39 is 30.5 Å². The zero-order chi connectivity index (χ0) is 17.3. The Balaban J connectivity index is 1.94. The lowest BCUT2D eigenvalue weighted by Gasteiger charge is -2.23. The highest BCUT2D eigenvalue weighted by Gasteiger charge is 2.46. The molecule has 1 unspecified atom stereocenters. The molecular weight excluding hydrogens is 319 g/mol. The third-order valence-corrected chi connectivity index (χ3v) is 4.19. The van der Waals surface area contributed by atoms with Crippen molar-refractivity contribution in [2.24, 2.45) is 0 Å². The van der Waals surface area contributed by atoms with Crippen LogP contribution in [-0.2, 0) is 19.0 Å². The van der Waals surface area contributed by atoms with Crippen LogP contribution < -0.4 is 11.1 Å². The Morgan fingerprint density at radius 3 is 2.67 bits per heavy atom. The number of alkyl halides is 1. The number of rotatable bonds is 6. The molecule has 1 atom stereocenters. The summed E-state index contributed by atoms with van der Waals surface area (Å²) >= 11 is 0. The van der Waals surface area contributed by atoms with Crippen molar-refractivity contribution in [2.45, 2.75) is 37.7 Å². The second-order valence-corrected chi connectivity index (χ2v) is 6.05. The van der Waals surface area contributed by atoms with Crippen LogP contribution in [0.15, 0.2) is 0 Å². The maximum atomic E-state index is 13.1. The zero-order valence-corrected chi connectivity index (χ0v) is 13.7. The van der Waals surface area contributed by atoms with Gasteiger partial charge >= 0.3 is 0 Å². The van der Waals surface area contributed by atoms with E-state index in [-0.39, 0.29) is 11.5 Å². The maximum absolute atomic E-state index is 13.1. The number of ether oxygens (including phenoxy) is 3. The summed E-state index contributed by atoms with van der Waals surface area (Å²) in [7, 11) is 1.38. The van der Waals surface area contributed by atoms with Gasteiger partial charge in [-0.3, -0.25) is 4.79 Å². The lowest BCUT2D eigenvalue weighted by atomic mass is 10.1. The van der Waals surface area contributed by atoms with Gasteiger partial charge in [-0.15, -0.1) is 0 Å². The van der Waals surface area contributed by atoms with Crippen LogP contribution in [0, 0.1) is 6.92 Å². The van der Waals surface area contributed by atoms with Crippen molar-refractivity contribution in [1.82, 2.24) is 15.3 Å². The molecule has 0 aromatic carbocycles. The number of aryl methyl sites for hydroxylation is 1. The molecule has 1 aromatic heterocycles. The maximum Gasteiger partial charge on any atom is 0.255 e.